The molecule has 1 aliphatic heterocycles. The van der Waals surface area contributed by atoms with Crippen LogP contribution in [0.5, 0.6) is 0 Å². The largest absolute Gasteiger partial charge is 0.357 e. The molecule has 1 amide bonds. The third kappa shape index (κ3) is 5.32. The molecule has 7 nitrogen and oxygen atoms in total. The number of fused-ring (bicyclic) bond motifs is 1. The Kier molecular flexibility index (Phi) is 6.46. The molecule has 1 unspecified atom stereocenters. The van der Waals surface area contributed by atoms with E-state index in [1.165, 1.54) is 5.56 Å². The molecule has 2 aromatic rings. The van der Waals surface area contributed by atoms with Gasteiger partial charge in [-0.1, -0.05) is 18.2 Å². The number of amides is 1. The molecule has 7 heteroatoms. The van der Waals surface area contributed by atoms with E-state index in [0.717, 1.165) is 43.3 Å². The Morgan fingerprint density at radius 1 is 1.37 bits per heavy atom. The number of guanidine groups is 1. The number of hydrogen-bond donors (Lipinski definition) is 3. The zero-order valence-corrected chi connectivity index (χ0v) is 16.0. The van der Waals surface area contributed by atoms with E-state index < -0.39 is 0 Å². The predicted molar refractivity (Wildman–Crippen MR) is 108 cm³/mol. The van der Waals surface area contributed by atoms with Gasteiger partial charge in [0.2, 0.25) is 5.91 Å². The van der Waals surface area contributed by atoms with Gasteiger partial charge in [0.1, 0.15) is 0 Å². The van der Waals surface area contributed by atoms with Crippen molar-refractivity contribution < 1.29 is 4.79 Å². The van der Waals surface area contributed by atoms with E-state index in [4.69, 9.17) is 4.99 Å². The van der Waals surface area contributed by atoms with Crippen molar-refractivity contribution >= 4 is 17.6 Å². The Balaban J connectivity index is 1.55. The SMILES string of the molecule is CCNC(=NCC1CC(=O)Nc2ccccc21)NCCCn1cc(C)cn1. The minimum atomic E-state index is 0.0568. The molecule has 0 bridgehead atoms. The van der Waals surface area contributed by atoms with Crippen LogP contribution in [0.25, 0.3) is 0 Å². The fourth-order valence-electron chi connectivity index (χ4n) is 3.25. The van der Waals surface area contributed by atoms with E-state index in [1.807, 2.05) is 49.1 Å². The van der Waals surface area contributed by atoms with Gasteiger partial charge in [-0.25, -0.2) is 0 Å². The number of nitrogens with zero attached hydrogens (tertiary/aromatic N) is 3. The van der Waals surface area contributed by atoms with Crippen LogP contribution in [0.15, 0.2) is 41.7 Å². The van der Waals surface area contributed by atoms with Gasteiger partial charge in [-0.05, 0) is 37.5 Å². The number of benzene rings is 1. The third-order valence-corrected chi connectivity index (χ3v) is 4.54. The molecule has 144 valence electrons. The Bertz CT molecular complexity index is 797. The van der Waals surface area contributed by atoms with Gasteiger partial charge in [0.25, 0.3) is 0 Å². The van der Waals surface area contributed by atoms with Crippen LogP contribution in [0.1, 0.15) is 36.8 Å². The van der Waals surface area contributed by atoms with Crippen molar-refractivity contribution in [1.29, 1.82) is 0 Å². The van der Waals surface area contributed by atoms with E-state index in [2.05, 4.69) is 27.1 Å². The molecular weight excluding hydrogens is 340 g/mol. The zero-order valence-electron chi connectivity index (χ0n) is 16.0. The summed E-state index contributed by atoms with van der Waals surface area (Å²) in [6.45, 7) is 7.15. The Morgan fingerprint density at radius 3 is 3.00 bits per heavy atom. The minimum absolute atomic E-state index is 0.0568. The van der Waals surface area contributed by atoms with Gasteiger partial charge in [-0.15, -0.1) is 0 Å². The third-order valence-electron chi connectivity index (χ3n) is 4.54. The first kappa shape index (κ1) is 18.9. The lowest BCUT2D eigenvalue weighted by Gasteiger charge is -2.24. The number of aryl methyl sites for hydroxylation is 2. The maximum absolute atomic E-state index is 12.0. The van der Waals surface area contributed by atoms with Crippen LogP contribution in [0, 0.1) is 6.92 Å². The number of anilines is 1. The molecule has 0 radical (unpaired) electrons. The van der Waals surface area contributed by atoms with E-state index in [9.17, 15) is 4.79 Å². The summed E-state index contributed by atoms with van der Waals surface area (Å²) >= 11 is 0. The molecule has 27 heavy (non-hydrogen) atoms. The number of carbonyl (C=O) groups excluding carboxylic acids is 1. The molecular formula is C20H28N6O. The quantitative estimate of drug-likeness (QED) is 0.398. The lowest BCUT2D eigenvalue weighted by molar-refractivity contribution is -0.116. The fourth-order valence-corrected chi connectivity index (χ4v) is 3.25. The molecule has 1 aliphatic rings. The minimum Gasteiger partial charge on any atom is -0.357 e. The highest BCUT2D eigenvalue weighted by atomic mass is 16.1. The van der Waals surface area contributed by atoms with Crippen LogP contribution < -0.4 is 16.0 Å². The molecule has 1 atom stereocenters. The molecule has 3 N–H and O–H groups in total. The van der Waals surface area contributed by atoms with Gasteiger partial charge >= 0.3 is 0 Å². The number of carbonyl (C=O) groups is 1. The van der Waals surface area contributed by atoms with Crippen LogP contribution in [-0.4, -0.2) is 41.3 Å². The van der Waals surface area contributed by atoms with Crippen LogP contribution in [0.3, 0.4) is 0 Å². The van der Waals surface area contributed by atoms with E-state index >= 15 is 0 Å². The second-order valence-corrected chi connectivity index (χ2v) is 6.82. The maximum atomic E-state index is 12.0. The summed E-state index contributed by atoms with van der Waals surface area (Å²) in [6, 6.07) is 7.97. The van der Waals surface area contributed by atoms with Gasteiger partial charge in [-0.2, -0.15) is 5.10 Å². The van der Waals surface area contributed by atoms with Crippen LogP contribution in [0.2, 0.25) is 0 Å². The van der Waals surface area contributed by atoms with E-state index in [-0.39, 0.29) is 11.8 Å². The molecule has 1 aromatic carbocycles. The monoisotopic (exact) mass is 368 g/mol. The summed E-state index contributed by atoms with van der Waals surface area (Å²) in [7, 11) is 0. The molecule has 0 spiro atoms. The zero-order chi connectivity index (χ0) is 19.1. The normalized spacial score (nSPS) is 16.6. The Hall–Kier alpha value is -2.83. The summed E-state index contributed by atoms with van der Waals surface area (Å²) in [5, 5.41) is 13.9. The molecule has 2 heterocycles. The molecule has 0 saturated heterocycles. The van der Waals surface area contributed by atoms with Crippen LogP contribution in [-0.2, 0) is 11.3 Å². The van der Waals surface area contributed by atoms with Crippen molar-refractivity contribution in [2.24, 2.45) is 4.99 Å². The highest BCUT2D eigenvalue weighted by Gasteiger charge is 2.24. The fraction of sp³-hybridized carbons (Fsp3) is 0.450. The van der Waals surface area contributed by atoms with Gasteiger partial charge in [0.15, 0.2) is 5.96 Å². The number of para-hydroxylation sites is 1. The Labute approximate surface area is 160 Å². The number of aromatic nitrogens is 2. The van der Waals surface area contributed by atoms with Gasteiger partial charge in [0, 0.05) is 43.9 Å². The van der Waals surface area contributed by atoms with Crippen molar-refractivity contribution in [2.45, 2.75) is 39.2 Å². The summed E-state index contributed by atoms with van der Waals surface area (Å²) in [4.78, 5) is 16.7. The van der Waals surface area contributed by atoms with E-state index in [0.29, 0.717) is 13.0 Å². The maximum Gasteiger partial charge on any atom is 0.225 e. The topological polar surface area (TPSA) is 83.3 Å². The second-order valence-electron chi connectivity index (χ2n) is 6.82. The smallest absolute Gasteiger partial charge is 0.225 e. The van der Waals surface area contributed by atoms with Crippen LogP contribution in [0.4, 0.5) is 5.69 Å². The van der Waals surface area contributed by atoms with Crippen molar-refractivity contribution in [3.63, 3.8) is 0 Å². The number of hydrogen-bond acceptors (Lipinski definition) is 3. The van der Waals surface area contributed by atoms with Crippen molar-refractivity contribution in [3.8, 4) is 0 Å². The summed E-state index contributed by atoms with van der Waals surface area (Å²) in [5.41, 5.74) is 3.24. The molecule has 1 aromatic heterocycles. The summed E-state index contributed by atoms with van der Waals surface area (Å²) in [5.74, 6) is 0.955. The van der Waals surface area contributed by atoms with Crippen molar-refractivity contribution in [2.75, 3.05) is 25.0 Å². The molecule has 3 rings (SSSR count). The average Bonchev–Trinajstić information content (AvgIpc) is 3.08. The standard InChI is InChI=1S/C20H28N6O/c1-3-21-20(22-9-6-10-26-14-15(2)12-24-26)23-13-16-11-19(27)25-18-8-5-4-7-17(16)18/h4-5,7-8,12,14,16H,3,6,9-11,13H2,1-2H3,(H,25,27)(H2,21,22,23). The molecule has 0 fully saturated rings. The number of nitrogens with one attached hydrogen (secondary N) is 3. The van der Waals surface area contributed by atoms with Gasteiger partial charge < -0.3 is 16.0 Å². The highest BCUT2D eigenvalue weighted by Crippen LogP contribution is 2.31. The highest BCUT2D eigenvalue weighted by molar-refractivity contribution is 5.94. The van der Waals surface area contributed by atoms with E-state index in [1.54, 1.807) is 0 Å². The second kappa shape index (κ2) is 9.21. The summed E-state index contributed by atoms with van der Waals surface area (Å²) < 4.78 is 1.96. The van der Waals surface area contributed by atoms with Gasteiger partial charge in [0.05, 0.1) is 12.7 Å². The van der Waals surface area contributed by atoms with Crippen molar-refractivity contribution in [3.05, 3.63) is 47.8 Å². The van der Waals surface area contributed by atoms with Crippen LogP contribution >= 0.6 is 0 Å². The number of aliphatic imine (C=N–C) groups is 1. The summed E-state index contributed by atoms with van der Waals surface area (Å²) in [6.07, 6.45) is 5.35. The lowest BCUT2D eigenvalue weighted by Crippen LogP contribution is -2.38. The lowest BCUT2D eigenvalue weighted by atomic mass is 9.91. The molecule has 0 aliphatic carbocycles. The first-order valence-corrected chi connectivity index (χ1v) is 9.55. The first-order valence-electron chi connectivity index (χ1n) is 9.55. The first-order chi connectivity index (χ1) is 13.2. The molecule has 0 saturated carbocycles. The average molecular weight is 368 g/mol. The van der Waals surface area contributed by atoms with Gasteiger partial charge in [-0.3, -0.25) is 14.5 Å². The van der Waals surface area contributed by atoms with Crippen molar-refractivity contribution in [1.82, 2.24) is 20.4 Å². The number of rotatable bonds is 7. The Morgan fingerprint density at radius 2 is 2.22 bits per heavy atom. The predicted octanol–water partition coefficient (Wildman–Crippen LogP) is 2.26.